The van der Waals surface area contributed by atoms with E-state index in [1.54, 1.807) is 12.2 Å². The Hall–Kier alpha value is -3.14. The fraction of sp³-hybridized carbons (Fsp3) is 0.379. The Labute approximate surface area is 199 Å². The van der Waals surface area contributed by atoms with Gasteiger partial charge in [-0.25, -0.2) is 0 Å². The molecule has 2 rings (SSSR count). The van der Waals surface area contributed by atoms with Gasteiger partial charge in [0.2, 0.25) is 11.8 Å². The summed E-state index contributed by atoms with van der Waals surface area (Å²) in [6, 6.07) is 16.2. The maximum atomic E-state index is 12.2. The molecule has 176 valence electrons. The van der Waals surface area contributed by atoms with Crippen molar-refractivity contribution in [3.63, 3.8) is 0 Å². The summed E-state index contributed by atoms with van der Waals surface area (Å²) in [5.41, 5.74) is 4.66. The molecule has 0 saturated carbocycles. The Morgan fingerprint density at radius 1 is 0.727 bits per heavy atom. The summed E-state index contributed by atoms with van der Waals surface area (Å²) in [6.45, 7) is 15.2. The highest BCUT2D eigenvalue weighted by atomic mass is 16.2. The third-order valence-electron chi connectivity index (χ3n) is 5.38. The number of carbonyl (C=O) groups excluding carboxylic acids is 2. The quantitative estimate of drug-likeness (QED) is 0.542. The van der Waals surface area contributed by atoms with Gasteiger partial charge in [0.05, 0.1) is 0 Å². The van der Waals surface area contributed by atoms with Crippen LogP contribution in [-0.4, -0.2) is 24.4 Å². The predicted octanol–water partition coefficient (Wildman–Crippen LogP) is 5.63. The van der Waals surface area contributed by atoms with Gasteiger partial charge in [0.1, 0.15) is 0 Å². The topological polar surface area (TPSA) is 58.2 Å². The van der Waals surface area contributed by atoms with E-state index >= 15 is 0 Å². The van der Waals surface area contributed by atoms with E-state index in [2.05, 4.69) is 76.4 Å². The van der Waals surface area contributed by atoms with Gasteiger partial charge < -0.3 is 10.6 Å². The molecular formula is C29H38N2O2. The van der Waals surface area contributed by atoms with Crippen molar-refractivity contribution >= 4 is 24.0 Å². The molecule has 2 N–H and O–H groups in total. The van der Waals surface area contributed by atoms with Gasteiger partial charge in [-0.2, -0.15) is 0 Å². The smallest absolute Gasteiger partial charge is 0.244 e. The molecule has 4 heteroatoms. The maximum Gasteiger partial charge on any atom is 0.244 e. The van der Waals surface area contributed by atoms with Crippen LogP contribution < -0.4 is 10.6 Å². The maximum absolute atomic E-state index is 12.2. The molecule has 4 nitrogen and oxygen atoms in total. The highest BCUT2D eigenvalue weighted by Crippen LogP contribution is 2.23. The van der Waals surface area contributed by atoms with Crippen LogP contribution in [0.5, 0.6) is 0 Å². The van der Waals surface area contributed by atoms with E-state index in [9.17, 15) is 9.59 Å². The highest BCUT2D eigenvalue weighted by Gasteiger charge is 2.13. The second-order valence-corrected chi connectivity index (χ2v) is 10.6. The lowest BCUT2D eigenvalue weighted by Crippen LogP contribution is -2.40. The number of nitrogens with one attached hydrogen (secondary N) is 2. The summed E-state index contributed by atoms with van der Waals surface area (Å²) in [6.07, 6.45) is 6.62. The summed E-state index contributed by atoms with van der Waals surface area (Å²) in [4.78, 5) is 24.3. The minimum Gasteiger partial charge on any atom is -0.351 e. The van der Waals surface area contributed by atoms with Crippen molar-refractivity contribution in [3.8, 4) is 0 Å². The zero-order valence-electron chi connectivity index (χ0n) is 21.0. The molecule has 0 aliphatic heterocycles. The van der Waals surface area contributed by atoms with Gasteiger partial charge in [0.25, 0.3) is 0 Å². The Bertz CT molecular complexity index is 986. The number of hydrogen-bond acceptors (Lipinski definition) is 2. The molecule has 0 aromatic heterocycles. The van der Waals surface area contributed by atoms with Crippen LogP contribution in [-0.2, 0) is 20.4 Å². The Balaban J connectivity index is 1.78. The minimum atomic E-state index is -0.189. The second-order valence-electron chi connectivity index (χ2n) is 10.6. The lowest BCUT2D eigenvalue weighted by Gasteiger charge is -2.18. The average Bonchev–Trinajstić information content (AvgIpc) is 2.74. The van der Waals surface area contributed by atoms with E-state index in [-0.39, 0.29) is 28.7 Å². The van der Waals surface area contributed by atoms with Gasteiger partial charge in [-0.05, 0) is 52.2 Å². The van der Waals surface area contributed by atoms with E-state index in [0.717, 1.165) is 11.1 Å². The van der Waals surface area contributed by atoms with E-state index in [1.165, 1.54) is 23.3 Å². The van der Waals surface area contributed by atoms with Crippen LogP contribution in [0.15, 0.2) is 60.7 Å². The van der Waals surface area contributed by atoms with Gasteiger partial charge >= 0.3 is 0 Å². The molecule has 0 heterocycles. The van der Waals surface area contributed by atoms with Crippen molar-refractivity contribution in [2.75, 3.05) is 6.54 Å². The van der Waals surface area contributed by atoms with E-state index in [1.807, 2.05) is 31.2 Å². The molecule has 0 fully saturated rings. The fourth-order valence-electron chi connectivity index (χ4n) is 3.19. The van der Waals surface area contributed by atoms with Gasteiger partial charge in [0.15, 0.2) is 0 Å². The molecule has 0 aliphatic carbocycles. The number of hydrogen-bond donors (Lipinski definition) is 2. The van der Waals surface area contributed by atoms with Crippen LogP contribution in [0.2, 0.25) is 0 Å². The van der Waals surface area contributed by atoms with Crippen LogP contribution in [0.4, 0.5) is 0 Å². The first-order valence-electron chi connectivity index (χ1n) is 11.5. The lowest BCUT2D eigenvalue weighted by atomic mass is 9.87. The van der Waals surface area contributed by atoms with Crippen LogP contribution in [0.25, 0.3) is 12.2 Å². The minimum absolute atomic E-state index is 0.103. The molecular weight excluding hydrogens is 408 g/mol. The zero-order valence-corrected chi connectivity index (χ0v) is 21.0. The van der Waals surface area contributed by atoms with Crippen LogP contribution in [0.1, 0.15) is 70.7 Å². The molecule has 0 bridgehead atoms. The first-order chi connectivity index (χ1) is 15.3. The largest absolute Gasteiger partial charge is 0.351 e. The van der Waals surface area contributed by atoms with Gasteiger partial charge in [0, 0.05) is 24.7 Å². The first-order valence-corrected chi connectivity index (χ1v) is 11.5. The van der Waals surface area contributed by atoms with Gasteiger partial charge in [-0.15, -0.1) is 0 Å². The van der Waals surface area contributed by atoms with E-state index in [4.69, 9.17) is 0 Å². The molecule has 2 amide bonds. The number of benzene rings is 2. The number of amides is 2. The lowest BCUT2D eigenvalue weighted by molar-refractivity contribution is -0.118. The molecule has 0 radical (unpaired) electrons. The highest BCUT2D eigenvalue weighted by molar-refractivity contribution is 5.93. The van der Waals surface area contributed by atoms with Crippen molar-refractivity contribution in [2.45, 2.75) is 65.3 Å². The summed E-state index contributed by atoms with van der Waals surface area (Å²) in [5, 5.41) is 5.69. The van der Waals surface area contributed by atoms with Gasteiger partial charge in [-0.1, -0.05) is 90.1 Å². The van der Waals surface area contributed by atoms with Crippen LogP contribution >= 0.6 is 0 Å². The predicted molar refractivity (Wildman–Crippen MR) is 139 cm³/mol. The summed E-state index contributed by atoms with van der Waals surface area (Å²) < 4.78 is 0. The molecule has 0 spiro atoms. The summed E-state index contributed by atoms with van der Waals surface area (Å²) >= 11 is 0. The third-order valence-corrected chi connectivity index (χ3v) is 5.38. The molecule has 0 saturated heterocycles. The molecule has 1 atom stereocenters. The monoisotopic (exact) mass is 446 g/mol. The Morgan fingerprint density at radius 3 is 1.52 bits per heavy atom. The molecule has 0 aliphatic rings. The molecule has 1 unspecified atom stereocenters. The Morgan fingerprint density at radius 2 is 1.12 bits per heavy atom. The van der Waals surface area contributed by atoms with Crippen molar-refractivity contribution in [2.24, 2.45) is 0 Å². The van der Waals surface area contributed by atoms with Crippen molar-refractivity contribution in [1.29, 1.82) is 0 Å². The normalized spacial score (nSPS) is 13.3. The van der Waals surface area contributed by atoms with Crippen LogP contribution in [0.3, 0.4) is 0 Å². The molecule has 33 heavy (non-hydrogen) atoms. The van der Waals surface area contributed by atoms with Crippen molar-refractivity contribution in [1.82, 2.24) is 10.6 Å². The fourth-order valence-corrected chi connectivity index (χ4v) is 3.19. The number of rotatable bonds is 7. The molecule has 2 aromatic carbocycles. The van der Waals surface area contributed by atoms with E-state index < -0.39 is 0 Å². The second kappa shape index (κ2) is 11.1. The number of carbonyl (C=O) groups is 2. The average molecular weight is 447 g/mol. The summed E-state index contributed by atoms with van der Waals surface area (Å²) in [7, 11) is 0. The van der Waals surface area contributed by atoms with E-state index in [0.29, 0.717) is 6.54 Å². The SMILES string of the molecule is CC(CNC(=O)/C=C/c1ccc(C(C)(C)C)cc1)NC(=O)/C=C/c1ccc(C(C)(C)C)cc1. The zero-order chi connectivity index (χ0) is 24.6. The standard InChI is InChI=1S/C29H38N2O2/c1-21(31-27(33)19-13-23-10-16-25(17-11-23)29(5,6)7)20-30-26(32)18-12-22-8-14-24(15-9-22)28(2,3)4/h8-19,21H,20H2,1-7H3,(H,30,32)(H,31,33)/b18-12+,19-13+. The van der Waals surface area contributed by atoms with Crippen molar-refractivity contribution in [3.05, 3.63) is 82.9 Å². The van der Waals surface area contributed by atoms with Crippen LogP contribution in [0, 0.1) is 0 Å². The third kappa shape index (κ3) is 9.09. The van der Waals surface area contributed by atoms with Gasteiger partial charge in [-0.3, -0.25) is 9.59 Å². The molecule has 2 aromatic rings. The summed E-state index contributed by atoms with van der Waals surface area (Å²) in [5.74, 6) is -0.378. The first kappa shape index (κ1) is 26.1. The Kier molecular flexibility index (Phi) is 8.81. The van der Waals surface area contributed by atoms with Crippen molar-refractivity contribution < 1.29 is 9.59 Å².